The highest BCUT2D eigenvalue weighted by Gasteiger charge is 2.16. The Bertz CT molecular complexity index is 1070. The van der Waals surface area contributed by atoms with Crippen LogP contribution in [0.15, 0.2) is 47.5 Å². The molecular formula is C20H19N5O4S. The molecule has 10 heteroatoms. The van der Waals surface area contributed by atoms with Crippen LogP contribution in [0.3, 0.4) is 0 Å². The molecule has 154 valence electrons. The summed E-state index contributed by atoms with van der Waals surface area (Å²) in [6.07, 6.45) is 1.10. The molecule has 30 heavy (non-hydrogen) atoms. The number of aliphatic imine (C=N–C) groups is 1. The fourth-order valence-corrected chi connectivity index (χ4v) is 3.23. The molecule has 2 aromatic carbocycles. The quantitative estimate of drug-likeness (QED) is 0.365. The van der Waals surface area contributed by atoms with Crippen LogP contribution in [0.1, 0.15) is 27.9 Å². The van der Waals surface area contributed by atoms with Crippen molar-refractivity contribution in [3.8, 4) is 0 Å². The van der Waals surface area contributed by atoms with Crippen molar-refractivity contribution in [3.05, 3.63) is 59.2 Å². The minimum Gasteiger partial charge on any atom is -0.481 e. The summed E-state index contributed by atoms with van der Waals surface area (Å²) < 4.78 is 0. The maximum atomic E-state index is 12.6. The Labute approximate surface area is 176 Å². The van der Waals surface area contributed by atoms with E-state index in [1.165, 1.54) is 6.07 Å². The predicted octanol–water partition coefficient (Wildman–Crippen LogP) is 2.28. The summed E-state index contributed by atoms with van der Waals surface area (Å²) in [4.78, 5) is 38.6. The van der Waals surface area contributed by atoms with Crippen LogP contribution >= 0.6 is 11.8 Å². The summed E-state index contributed by atoms with van der Waals surface area (Å²) in [5.74, 6) is -1.92. The number of benzene rings is 2. The Balaban J connectivity index is 1.71. The van der Waals surface area contributed by atoms with Gasteiger partial charge in [-0.1, -0.05) is 30.0 Å². The van der Waals surface area contributed by atoms with Crippen LogP contribution in [0, 0.1) is 5.41 Å². The SMILES string of the molecule is N=C(N=C(N)SCC(=O)O)c1cccc(C(=O)Nc2ccc3c(c2)NC(=O)CC3)c1. The third kappa shape index (κ3) is 5.45. The van der Waals surface area contributed by atoms with Crippen molar-refractivity contribution in [2.45, 2.75) is 12.8 Å². The average molecular weight is 425 g/mol. The van der Waals surface area contributed by atoms with Gasteiger partial charge in [0.25, 0.3) is 5.91 Å². The molecule has 6 N–H and O–H groups in total. The van der Waals surface area contributed by atoms with Crippen molar-refractivity contribution in [2.75, 3.05) is 16.4 Å². The molecule has 1 aliphatic heterocycles. The number of amides is 2. The number of thioether (sulfide) groups is 1. The number of fused-ring (bicyclic) bond motifs is 1. The first-order valence-electron chi connectivity index (χ1n) is 8.93. The molecule has 0 saturated carbocycles. The lowest BCUT2D eigenvalue weighted by molar-refractivity contribution is -0.133. The van der Waals surface area contributed by atoms with Crippen LogP contribution in [0.4, 0.5) is 11.4 Å². The Hall–Kier alpha value is -3.66. The Morgan fingerprint density at radius 1 is 1.20 bits per heavy atom. The number of nitrogens with one attached hydrogen (secondary N) is 3. The zero-order valence-corrected chi connectivity index (χ0v) is 16.6. The fraction of sp³-hybridized carbons (Fsp3) is 0.150. The normalized spacial score (nSPS) is 13.2. The molecular weight excluding hydrogens is 406 g/mol. The van der Waals surface area contributed by atoms with Crippen molar-refractivity contribution in [1.29, 1.82) is 5.41 Å². The van der Waals surface area contributed by atoms with E-state index in [2.05, 4.69) is 15.6 Å². The Morgan fingerprint density at radius 2 is 1.97 bits per heavy atom. The number of nitrogens with zero attached hydrogens (tertiary/aromatic N) is 1. The van der Waals surface area contributed by atoms with Crippen molar-refractivity contribution in [1.82, 2.24) is 0 Å². The first-order valence-corrected chi connectivity index (χ1v) is 9.92. The van der Waals surface area contributed by atoms with Gasteiger partial charge >= 0.3 is 5.97 Å². The molecule has 0 radical (unpaired) electrons. The van der Waals surface area contributed by atoms with Gasteiger partial charge in [-0.05, 0) is 36.2 Å². The lowest BCUT2D eigenvalue weighted by Crippen LogP contribution is -2.19. The zero-order valence-electron chi connectivity index (χ0n) is 15.8. The van der Waals surface area contributed by atoms with E-state index < -0.39 is 5.97 Å². The standard InChI is InChI=1S/C20H19N5O4S/c21-18(25-20(22)30-10-17(27)28)12-2-1-3-13(8-12)19(29)23-14-6-4-11-5-7-16(26)24-15(11)9-14/h1-4,6,8-9H,5,7,10H2,(H,23,29)(H,24,26)(H,27,28)(H3,21,22,25). The lowest BCUT2D eigenvalue weighted by atomic mass is 10.0. The number of carboxylic acids is 1. The van der Waals surface area contributed by atoms with E-state index in [0.717, 1.165) is 17.3 Å². The molecule has 2 aromatic rings. The van der Waals surface area contributed by atoms with Gasteiger partial charge in [0, 0.05) is 28.9 Å². The fourth-order valence-electron chi connectivity index (χ4n) is 2.80. The number of nitrogens with two attached hydrogens (primary N) is 1. The second-order valence-corrected chi connectivity index (χ2v) is 7.43. The molecule has 0 aliphatic carbocycles. The molecule has 0 saturated heterocycles. The predicted molar refractivity (Wildman–Crippen MR) is 116 cm³/mol. The van der Waals surface area contributed by atoms with Gasteiger partial charge in [-0.2, -0.15) is 0 Å². The second kappa shape index (κ2) is 9.23. The number of carbonyl (C=O) groups excluding carboxylic acids is 2. The van der Waals surface area contributed by atoms with Gasteiger partial charge in [0.2, 0.25) is 5.91 Å². The maximum absolute atomic E-state index is 12.6. The van der Waals surface area contributed by atoms with E-state index in [9.17, 15) is 14.4 Å². The van der Waals surface area contributed by atoms with E-state index >= 15 is 0 Å². The number of aryl methyl sites for hydroxylation is 1. The van der Waals surface area contributed by atoms with Crippen molar-refractivity contribution in [2.24, 2.45) is 10.7 Å². The molecule has 0 spiro atoms. The molecule has 0 unspecified atom stereocenters. The third-order valence-corrected chi connectivity index (χ3v) is 5.01. The van der Waals surface area contributed by atoms with E-state index in [1.807, 2.05) is 6.07 Å². The van der Waals surface area contributed by atoms with E-state index in [4.69, 9.17) is 16.2 Å². The van der Waals surface area contributed by atoms with E-state index in [-0.39, 0.29) is 28.6 Å². The molecule has 0 bridgehead atoms. The van der Waals surface area contributed by atoms with Crippen LogP contribution in [0.25, 0.3) is 0 Å². The highest BCUT2D eigenvalue weighted by Crippen LogP contribution is 2.26. The van der Waals surface area contributed by atoms with Gasteiger partial charge in [-0.15, -0.1) is 0 Å². The van der Waals surface area contributed by atoms with Crippen LogP contribution < -0.4 is 16.4 Å². The van der Waals surface area contributed by atoms with Gasteiger partial charge in [0.05, 0.1) is 5.75 Å². The molecule has 0 aromatic heterocycles. The molecule has 1 aliphatic rings. The highest BCUT2D eigenvalue weighted by atomic mass is 32.2. The smallest absolute Gasteiger partial charge is 0.313 e. The summed E-state index contributed by atoms with van der Waals surface area (Å²) >= 11 is 0.809. The van der Waals surface area contributed by atoms with Gasteiger partial charge in [0.1, 0.15) is 0 Å². The summed E-state index contributed by atoms with van der Waals surface area (Å²) in [6.45, 7) is 0. The number of carbonyl (C=O) groups is 3. The summed E-state index contributed by atoms with van der Waals surface area (Å²) in [6, 6.07) is 11.7. The molecule has 3 rings (SSSR count). The summed E-state index contributed by atoms with van der Waals surface area (Å²) in [5, 5.41) is 22.2. The topological polar surface area (TPSA) is 158 Å². The number of hydrogen-bond donors (Lipinski definition) is 5. The largest absolute Gasteiger partial charge is 0.481 e. The number of hydrogen-bond acceptors (Lipinski definition) is 5. The van der Waals surface area contributed by atoms with Crippen LogP contribution in [-0.2, 0) is 16.0 Å². The first-order chi connectivity index (χ1) is 14.3. The van der Waals surface area contributed by atoms with E-state index in [1.54, 1.807) is 30.3 Å². The van der Waals surface area contributed by atoms with Crippen molar-refractivity contribution < 1.29 is 19.5 Å². The molecule has 2 amide bonds. The average Bonchev–Trinajstić information content (AvgIpc) is 2.72. The van der Waals surface area contributed by atoms with E-state index in [0.29, 0.717) is 35.3 Å². The summed E-state index contributed by atoms with van der Waals surface area (Å²) in [5.41, 5.74) is 8.53. The Kier molecular flexibility index (Phi) is 6.48. The van der Waals surface area contributed by atoms with Gasteiger partial charge in [0.15, 0.2) is 11.0 Å². The first kappa shape index (κ1) is 21.1. The van der Waals surface area contributed by atoms with Crippen LogP contribution in [-0.4, -0.2) is 39.6 Å². The second-order valence-electron chi connectivity index (χ2n) is 6.44. The number of aliphatic carboxylic acids is 1. The molecule has 9 nitrogen and oxygen atoms in total. The number of carboxylic acid groups (broad SMARTS) is 1. The Morgan fingerprint density at radius 3 is 2.73 bits per heavy atom. The molecule has 0 atom stereocenters. The van der Waals surface area contributed by atoms with Crippen molar-refractivity contribution >= 4 is 51.9 Å². The maximum Gasteiger partial charge on any atom is 0.313 e. The molecule has 0 fully saturated rings. The lowest BCUT2D eigenvalue weighted by Gasteiger charge is -2.17. The summed E-state index contributed by atoms with van der Waals surface area (Å²) in [7, 11) is 0. The monoisotopic (exact) mass is 425 g/mol. The minimum atomic E-state index is -1.04. The molecule has 1 heterocycles. The zero-order chi connectivity index (χ0) is 21.7. The van der Waals surface area contributed by atoms with Crippen molar-refractivity contribution in [3.63, 3.8) is 0 Å². The number of anilines is 2. The highest BCUT2D eigenvalue weighted by molar-refractivity contribution is 8.14. The van der Waals surface area contributed by atoms with Gasteiger partial charge in [-0.25, -0.2) is 4.99 Å². The number of amidine groups is 2. The van der Waals surface area contributed by atoms with Crippen LogP contribution in [0.2, 0.25) is 0 Å². The van der Waals surface area contributed by atoms with Gasteiger partial charge < -0.3 is 21.5 Å². The third-order valence-electron chi connectivity index (χ3n) is 4.23. The van der Waals surface area contributed by atoms with Gasteiger partial charge in [-0.3, -0.25) is 19.8 Å². The number of rotatable bonds is 5. The van der Waals surface area contributed by atoms with Crippen LogP contribution in [0.5, 0.6) is 0 Å². The minimum absolute atomic E-state index is 0.0478.